The van der Waals surface area contributed by atoms with Crippen molar-refractivity contribution in [1.82, 2.24) is 9.21 Å². The third kappa shape index (κ3) is 5.11. The van der Waals surface area contributed by atoms with Crippen LogP contribution in [-0.2, 0) is 14.8 Å². The van der Waals surface area contributed by atoms with E-state index in [9.17, 15) is 13.2 Å². The Kier molecular flexibility index (Phi) is 6.71. The molecule has 28 heavy (non-hydrogen) atoms. The molecule has 0 radical (unpaired) electrons. The zero-order valence-electron chi connectivity index (χ0n) is 15.5. The number of sulfonamides is 1. The molecule has 1 aliphatic rings. The number of carbonyl (C=O) groups excluding carboxylic acids is 1. The van der Waals surface area contributed by atoms with Crippen molar-refractivity contribution < 1.29 is 17.9 Å². The van der Waals surface area contributed by atoms with E-state index < -0.39 is 10.0 Å². The molecule has 9 heteroatoms. The average molecular weight is 468 g/mol. The molecule has 1 N–H and O–H groups in total. The number of anilines is 1. The van der Waals surface area contributed by atoms with Gasteiger partial charge in [0.2, 0.25) is 15.9 Å². The fourth-order valence-electron chi connectivity index (χ4n) is 2.96. The molecule has 0 saturated carbocycles. The summed E-state index contributed by atoms with van der Waals surface area (Å²) < 4.78 is 33.0. The lowest BCUT2D eigenvalue weighted by atomic mass is 10.3. The van der Waals surface area contributed by atoms with Crippen molar-refractivity contribution in [1.29, 1.82) is 0 Å². The van der Waals surface area contributed by atoms with Crippen molar-refractivity contribution in [3.05, 3.63) is 53.0 Å². The minimum atomic E-state index is -3.55. The Morgan fingerprint density at radius 2 is 1.64 bits per heavy atom. The van der Waals surface area contributed by atoms with Crippen molar-refractivity contribution in [2.24, 2.45) is 0 Å². The number of hydrogen-bond donors (Lipinski definition) is 1. The number of amides is 1. The van der Waals surface area contributed by atoms with Crippen LogP contribution < -0.4 is 10.1 Å². The summed E-state index contributed by atoms with van der Waals surface area (Å²) in [4.78, 5) is 14.4. The SMILES string of the molecule is COc1ccc(S(=O)(=O)N2CCN(CC(=O)Nc3ccc(Br)cc3)CC2)cc1. The van der Waals surface area contributed by atoms with E-state index in [4.69, 9.17) is 4.74 Å². The molecule has 3 rings (SSSR count). The van der Waals surface area contributed by atoms with E-state index in [1.807, 2.05) is 29.2 Å². The average Bonchev–Trinajstić information content (AvgIpc) is 2.70. The number of ether oxygens (including phenoxy) is 1. The Morgan fingerprint density at radius 3 is 2.21 bits per heavy atom. The Balaban J connectivity index is 1.53. The topological polar surface area (TPSA) is 79.0 Å². The maximum Gasteiger partial charge on any atom is 0.243 e. The monoisotopic (exact) mass is 467 g/mol. The number of nitrogens with one attached hydrogen (secondary N) is 1. The molecule has 1 amide bonds. The second-order valence-corrected chi connectivity index (χ2v) is 9.26. The predicted molar refractivity (Wildman–Crippen MR) is 111 cm³/mol. The standard InChI is InChI=1S/C19H22BrN3O4S/c1-27-17-6-8-18(9-7-17)28(25,26)23-12-10-22(11-13-23)14-19(24)21-16-4-2-15(20)3-5-16/h2-9H,10-14H2,1H3,(H,21,24). The molecule has 1 aliphatic heterocycles. The lowest BCUT2D eigenvalue weighted by Gasteiger charge is -2.33. The van der Waals surface area contributed by atoms with Crippen LogP contribution in [-0.4, -0.2) is 63.4 Å². The summed E-state index contributed by atoms with van der Waals surface area (Å²) in [5.41, 5.74) is 0.730. The number of rotatable bonds is 6. The van der Waals surface area contributed by atoms with Crippen LogP contribution in [0.1, 0.15) is 0 Å². The molecule has 2 aromatic rings. The molecular weight excluding hydrogens is 446 g/mol. The van der Waals surface area contributed by atoms with Gasteiger partial charge in [-0.1, -0.05) is 15.9 Å². The smallest absolute Gasteiger partial charge is 0.243 e. The van der Waals surface area contributed by atoms with E-state index in [1.54, 1.807) is 24.3 Å². The molecule has 7 nitrogen and oxygen atoms in total. The van der Waals surface area contributed by atoms with Crippen LogP contribution in [0, 0.1) is 0 Å². The molecule has 0 aliphatic carbocycles. The largest absolute Gasteiger partial charge is 0.497 e. The Morgan fingerprint density at radius 1 is 1.04 bits per heavy atom. The van der Waals surface area contributed by atoms with Crippen LogP contribution in [0.2, 0.25) is 0 Å². The summed E-state index contributed by atoms with van der Waals surface area (Å²) >= 11 is 3.36. The summed E-state index contributed by atoms with van der Waals surface area (Å²) in [7, 11) is -2.01. The minimum absolute atomic E-state index is 0.117. The van der Waals surface area contributed by atoms with Gasteiger partial charge in [-0.25, -0.2) is 8.42 Å². The summed E-state index contributed by atoms with van der Waals surface area (Å²) in [5.74, 6) is 0.495. The molecule has 1 fully saturated rings. The molecular formula is C19H22BrN3O4S. The number of halogens is 1. The first-order valence-electron chi connectivity index (χ1n) is 8.80. The van der Waals surface area contributed by atoms with Gasteiger partial charge >= 0.3 is 0 Å². The van der Waals surface area contributed by atoms with Crippen LogP contribution in [0.4, 0.5) is 5.69 Å². The number of benzene rings is 2. The first kappa shape index (κ1) is 20.8. The minimum Gasteiger partial charge on any atom is -0.497 e. The second kappa shape index (κ2) is 9.04. The van der Waals surface area contributed by atoms with Gasteiger partial charge in [0.05, 0.1) is 18.6 Å². The van der Waals surface area contributed by atoms with Gasteiger partial charge in [0.25, 0.3) is 0 Å². The van der Waals surface area contributed by atoms with Crippen molar-refractivity contribution in [2.75, 3.05) is 45.2 Å². The van der Waals surface area contributed by atoms with Crippen molar-refractivity contribution in [2.45, 2.75) is 4.90 Å². The first-order valence-corrected chi connectivity index (χ1v) is 11.0. The van der Waals surface area contributed by atoms with Gasteiger partial charge in [-0.15, -0.1) is 0 Å². The van der Waals surface area contributed by atoms with Gasteiger partial charge in [-0.2, -0.15) is 4.31 Å². The molecule has 0 atom stereocenters. The van der Waals surface area contributed by atoms with E-state index in [2.05, 4.69) is 21.2 Å². The van der Waals surface area contributed by atoms with Crippen LogP contribution in [0.25, 0.3) is 0 Å². The van der Waals surface area contributed by atoms with Crippen LogP contribution in [0.3, 0.4) is 0 Å². The van der Waals surface area contributed by atoms with Gasteiger partial charge in [0.1, 0.15) is 5.75 Å². The number of nitrogens with zero attached hydrogens (tertiary/aromatic N) is 2. The molecule has 2 aromatic carbocycles. The maximum absolute atomic E-state index is 12.8. The summed E-state index contributed by atoms with van der Waals surface area (Å²) in [6.07, 6.45) is 0. The normalized spacial score (nSPS) is 15.9. The van der Waals surface area contributed by atoms with Gasteiger partial charge in [0, 0.05) is 36.3 Å². The zero-order valence-corrected chi connectivity index (χ0v) is 17.9. The lowest BCUT2D eigenvalue weighted by molar-refractivity contribution is -0.117. The van der Waals surface area contributed by atoms with Crippen LogP contribution in [0.5, 0.6) is 5.75 Å². The fourth-order valence-corrected chi connectivity index (χ4v) is 4.65. The summed E-state index contributed by atoms with van der Waals surface area (Å²) in [6, 6.07) is 13.7. The highest BCUT2D eigenvalue weighted by molar-refractivity contribution is 9.10. The summed E-state index contributed by atoms with van der Waals surface area (Å²) in [5, 5.41) is 2.85. The Bertz CT molecular complexity index is 909. The molecule has 0 aromatic heterocycles. The van der Waals surface area contributed by atoms with Crippen molar-refractivity contribution in [3.63, 3.8) is 0 Å². The maximum atomic E-state index is 12.8. The lowest BCUT2D eigenvalue weighted by Crippen LogP contribution is -2.50. The highest BCUT2D eigenvalue weighted by atomic mass is 79.9. The molecule has 150 valence electrons. The van der Waals surface area contributed by atoms with Crippen molar-refractivity contribution >= 4 is 37.5 Å². The second-order valence-electron chi connectivity index (χ2n) is 6.41. The predicted octanol–water partition coefficient (Wildman–Crippen LogP) is 2.40. The van der Waals surface area contributed by atoms with Crippen LogP contribution >= 0.6 is 15.9 Å². The van der Waals surface area contributed by atoms with Gasteiger partial charge in [-0.05, 0) is 48.5 Å². The highest BCUT2D eigenvalue weighted by Gasteiger charge is 2.29. The third-order valence-corrected chi connectivity index (χ3v) is 6.97. The van der Waals surface area contributed by atoms with Crippen LogP contribution in [0.15, 0.2) is 57.9 Å². The number of hydrogen-bond acceptors (Lipinski definition) is 5. The van der Waals surface area contributed by atoms with E-state index >= 15 is 0 Å². The van der Waals surface area contributed by atoms with Gasteiger partial charge in [0.15, 0.2) is 0 Å². The first-order chi connectivity index (χ1) is 13.4. The van der Waals surface area contributed by atoms with Gasteiger partial charge in [-0.3, -0.25) is 9.69 Å². The Hall–Kier alpha value is -1.94. The van der Waals surface area contributed by atoms with E-state index in [0.29, 0.717) is 31.9 Å². The van der Waals surface area contributed by atoms with Gasteiger partial charge < -0.3 is 10.1 Å². The Labute approximate surface area is 173 Å². The van der Waals surface area contributed by atoms with E-state index in [1.165, 1.54) is 11.4 Å². The molecule has 0 unspecified atom stereocenters. The summed E-state index contributed by atoms with van der Waals surface area (Å²) in [6.45, 7) is 1.93. The number of piperazine rings is 1. The molecule has 1 heterocycles. The van der Waals surface area contributed by atoms with E-state index in [0.717, 1.165) is 10.2 Å². The fraction of sp³-hybridized carbons (Fsp3) is 0.316. The quantitative estimate of drug-likeness (QED) is 0.705. The third-order valence-electron chi connectivity index (χ3n) is 4.52. The zero-order chi connectivity index (χ0) is 20.1. The molecule has 0 spiro atoms. The number of methoxy groups -OCH3 is 1. The number of carbonyl (C=O) groups is 1. The molecule has 0 bridgehead atoms. The van der Waals surface area contributed by atoms with E-state index in [-0.39, 0.29) is 17.3 Å². The molecule has 1 saturated heterocycles. The highest BCUT2D eigenvalue weighted by Crippen LogP contribution is 2.21. The van der Waals surface area contributed by atoms with Crippen molar-refractivity contribution in [3.8, 4) is 5.75 Å².